The predicted molar refractivity (Wildman–Crippen MR) is 77.7 cm³/mol. The summed E-state index contributed by atoms with van der Waals surface area (Å²) in [7, 11) is 0. The van der Waals surface area contributed by atoms with E-state index in [1.54, 1.807) is 12.3 Å². The van der Waals surface area contributed by atoms with Crippen molar-refractivity contribution < 1.29 is 4.79 Å². The van der Waals surface area contributed by atoms with E-state index in [1.165, 1.54) is 11.3 Å². The molecule has 0 saturated heterocycles. The maximum absolute atomic E-state index is 11.7. The lowest BCUT2D eigenvalue weighted by Crippen LogP contribution is -2.15. The number of aromatic nitrogens is 1. The molecule has 1 aromatic carbocycles. The first-order chi connectivity index (χ1) is 9.34. The number of H-pyrrole nitrogens is 1. The van der Waals surface area contributed by atoms with Crippen molar-refractivity contribution in [2.75, 3.05) is 0 Å². The number of rotatable bonds is 3. The van der Waals surface area contributed by atoms with Gasteiger partial charge in [0.05, 0.1) is 11.1 Å². The molecule has 3 rings (SSSR count). The smallest absolute Gasteiger partial charge is 0.281 e. The molecule has 2 N–H and O–H groups in total. The summed E-state index contributed by atoms with van der Waals surface area (Å²) in [5, 5.41) is 6.92. The highest BCUT2D eigenvalue weighted by Gasteiger charge is 2.04. The molecule has 0 aliphatic rings. The second kappa shape index (κ2) is 5.07. The maximum atomic E-state index is 11.7. The van der Waals surface area contributed by atoms with Gasteiger partial charge in [0.2, 0.25) is 0 Å². The Morgan fingerprint density at radius 3 is 3.00 bits per heavy atom. The second-order valence-electron chi connectivity index (χ2n) is 3.97. The average Bonchev–Trinajstić information content (AvgIpc) is 3.08. The van der Waals surface area contributed by atoms with Crippen LogP contribution in [0.1, 0.15) is 15.2 Å². The van der Waals surface area contributed by atoms with Gasteiger partial charge in [0.15, 0.2) is 0 Å². The Kier molecular flexibility index (Phi) is 3.12. The molecule has 94 valence electrons. The first-order valence-electron chi connectivity index (χ1n) is 5.77. The zero-order valence-electron chi connectivity index (χ0n) is 9.96. The lowest BCUT2D eigenvalue weighted by atomic mass is 10.2. The molecule has 0 spiro atoms. The summed E-state index contributed by atoms with van der Waals surface area (Å²) in [5.41, 5.74) is 4.51. The number of hydrogen-bond donors (Lipinski definition) is 2. The molecule has 19 heavy (non-hydrogen) atoms. The fourth-order valence-corrected chi connectivity index (χ4v) is 2.44. The Morgan fingerprint density at radius 1 is 1.26 bits per heavy atom. The minimum Gasteiger partial charge on any atom is -0.361 e. The van der Waals surface area contributed by atoms with Crippen LogP contribution in [0.25, 0.3) is 10.9 Å². The first-order valence-corrected chi connectivity index (χ1v) is 6.65. The van der Waals surface area contributed by atoms with Gasteiger partial charge in [-0.2, -0.15) is 5.10 Å². The van der Waals surface area contributed by atoms with Gasteiger partial charge in [0.25, 0.3) is 5.91 Å². The molecule has 5 heteroatoms. The Hall–Kier alpha value is -2.40. The van der Waals surface area contributed by atoms with Crippen molar-refractivity contribution in [3.63, 3.8) is 0 Å². The second-order valence-corrected chi connectivity index (χ2v) is 4.91. The van der Waals surface area contributed by atoms with E-state index in [2.05, 4.69) is 15.5 Å². The minimum atomic E-state index is -0.189. The summed E-state index contributed by atoms with van der Waals surface area (Å²) in [4.78, 5) is 15.5. The van der Waals surface area contributed by atoms with Crippen molar-refractivity contribution in [3.8, 4) is 0 Å². The van der Waals surface area contributed by atoms with Gasteiger partial charge < -0.3 is 4.98 Å². The third kappa shape index (κ3) is 2.41. The number of carbonyl (C=O) groups excluding carboxylic acids is 1. The Morgan fingerprint density at radius 2 is 2.16 bits per heavy atom. The van der Waals surface area contributed by atoms with E-state index in [4.69, 9.17) is 0 Å². The molecule has 0 fully saturated rings. The van der Waals surface area contributed by atoms with E-state index < -0.39 is 0 Å². The molecule has 2 heterocycles. The molecule has 2 aromatic heterocycles. The number of amides is 1. The quantitative estimate of drug-likeness (QED) is 0.557. The molecular formula is C14H11N3OS. The fourth-order valence-electron chi connectivity index (χ4n) is 1.82. The van der Waals surface area contributed by atoms with Gasteiger partial charge >= 0.3 is 0 Å². The average molecular weight is 269 g/mol. The van der Waals surface area contributed by atoms with Crippen LogP contribution in [0.2, 0.25) is 0 Å². The normalized spacial score (nSPS) is 11.2. The van der Waals surface area contributed by atoms with Gasteiger partial charge in [-0.05, 0) is 17.5 Å². The van der Waals surface area contributed by atoms with Gasteiger partial charge in [0, 0.05) is 22.7 Å². The number of hydrogen-bond acceptors (Lipinski definition) is 3. The lowest BCUT2D eigenvalue weighted by Gasteiger charge is -1.95. The van der Waals surface area contributed by atoms with Crippen molar-refractivity contribution in [1.29, 1.82) is 0 Å². The standard InChI is InChI=1S/C14H11N3OS/c18-14(13-6-3-7-19-13)17-16-9-10-8-15-12-5-2-1-4-11(10)12/h1-9,15H,(H,17,18). The number of aromatic amines is 1. The van der Waals surface area contributed by atoms with Crippen LogP contribution in [0.15, 0.2) is 53.1 Å². The number of carbonyl (C=O) groups is 1. The van der Waals surface area contributed by atoms with Gasteiger partial charge in [-0.3, -0.25) is 4.79 Å². The SMILES string of the molecule is O=C(NN=Cc1c[nH]c2ccccc12)c1cccs1. The van der Waals surface area contributed by atoms with Crippen LogP contribution < -0.4 is 5.43 Å². The fraction of sp³-hybridized carbons (Fsp3) is 0. The van der Waals surface area contributed by atoms with E-state index in [0.29, 0.717) is 4.88 Å². The molecule has 4 nitrogen and oxygen atoms in total. The zero-order valence-corrected chi connectivity index (χ0v) is 10.8. The van der Waals surface area contributed by atoms with Gasteiger partial charge in [0.1, 0.15) is 0 Å². The van der Waals surface area contributed by atoms with E-state index in [-0.39, 0.29) is 5.91 Å². The molecule has 1 amide bonds. The van der Waals surface area contributed by atoms with Crippen LogP contribution in [0.5, 0.6) is 0 Å². The number of hydrazone groups is 1. The maximum Gasteiger partial charge on any atom is 0.281 e. The summed E-state index contributed by atoms with van der Waals surface area (Å²) in [6, 6.07) is 11.5. The van der Waals surface area contributed by atoms with Crippen molar-refractivity contribution in [2.24, 2.45) is 5.10 Å². The van der Waals surface area contributed by atoms with E-state index in [9.17, 15) is 4.79 Å². The first kappa shape index (κ1) is 11.7. The Bertz CT molecular complexity index is 728. The molecular weight excluding hydrogens is 258 g/mol. The summed E-state index contributed by atoms with van der Waals surface area (Å²) in [6.45, 7) is 0. The van der Waals surface area contributed by atoms with Gasteiger partial charge in [-0.1, -0.05) is 24.3 Å². The Labute approximate surface area is 113 Å². The molecule has 0 aliphatic heterocycles. The molecule has 0 unspecified atom stereocenters. The molecule has 3 aromatic rings. The molecule has 0 aliphatic carbocycles. The summed E-state index contributed by atoms with van der Waals surface area (Å²) < 4.78 is 0. The Balaban J connectivity index is 1.75. The number of nitrogens with zero attached hydrogens (tertiary/aromatic N) is 1. The molecule has 0 atom stereocenters. The third-order valence-electron chi connectivity index (χ3n) is 2.74. The van der Waals surface area contributed by atoms with Crippen molar-refractivity contribution in [3.05, 3.63) is 58.4 Å². The van der Waals surface area contributed by atoms with Crippen LogP contribution in [-0.2, 0) is 0 Å². The van der Waals surface area contributed by atoms with Crippen molar-refractivity contribution in [1.82, 2.24) is 10.4 Å². The highest BCUT2D eigenvalue weighted by Crippen LogP contribution is 2.15. The van der Waals surface area contributed by atoms with E-state index >= 15 is 0 Å². The molecule has 0 saturated carbocycles. The number of benzene rings is 1. The van der Waals surface area contributed by atoms with Crippen molar-refractivity contribution >= 4 is 34.4 Å². The van der Waals surface area contributed by atoms with Crippen molar-refractivity contribution in [2.45, 2.75) is 0 Å². The summed E-state index contributed by atoms with van der Waals surface area (Å²) >= 11 is 1.39. The molecule has 0 bridgehead atoms. The summed E-state index contributed by atoms with van der Waals surface area (Å²) in [5.74, 6) is -0.189. The molecule has 0 radical (unpaired) electrons. The zero-order chi connectivity index (χ0) is 13.1. The highest BCUT2D eigenvalue weighted by molar-refractivity contribution is 7.12. The number of para-hydroxylation sites is 1. The number of fused-ring (bicyclic) bond motifs is 1. The van der Waals surface area contributed by atoms with Gasteiger partial charge in [-0.25, -0.2) is 5.43 Å². The van der Waals surface area contributed by atoms with Crippen LogP contribution in [0.4, 0.5) is 0 Å². The monoisotopic (exact) mass is 269 g/mol. The van der Waals surface area contributed by atoms with Crippen LogP contribution >= 0.6 is 11.3 Å². The largest absolute Gasteiger partial charge is 0.361 e. The predicted octanol–water partition coefficient (Wildman–Crippen LogP) is 2.99. The highest BCUT2D eigenvalue weighted by atomic mass is 32.1. The van der Waals surface area contributed by atoms with Gasteiger partial charge in [-0.15, -0.1) is 11.3 Å². The number of thiophene rings is 1. The van der Waals surface area contributed by atoms with Crippen LogP contribution in [0, 0.1) is 0 Å². The third-order valence-corrected chi connectivity index (χ3v) is 3.60. The van der Waals surface area contributed by atoms with E-state index in [0.717, 1.165) is 16.5 Å². The summed E-state index contributed by atoms with van der Waals surface area (Å²) in [6.07, 6.45) is 3.51. The van der Waals surface area contributed by atoms with Crippen LogP contribution in [-0.4, -0.2) is 17.1 Å². The number of nitrogens with one attached hydrogen (secondary N) is 2. The van der Waals surface area contributed by atoms with Crippen LogP contribution in [0.3, 0.4) is 0 Å². The minimum absolute atomic E-state index is 0.189. The topological polar surface area (TPSA) is 57.2 Å². The lowest BCUT2D eigenvalue weighted by molar-refractivity contribution is 0.0959. The van der Waals surface area contributed by atoms with E-state index in [1.807, 2.05) is 41.9 Å².